The highest BCUT2D eigenvalue weighted by molar-refractivity contribution is 8.12. The predicted molar refractivity (Wildman–Crippen MR) is 29.7 cm³/mol. The van der Waals surface area contributed by atoms with Crippen LogP contribution in [0.5, 0.6) is 0 Å². The van der Waals surface area contributed by atoms with Gasteiger partial charge >= 0.3 is 5.91 Å². The highest BCUT2D eigenvalue weighted by atomic mass is 32.2. The molecule has 1 aliphatic heterocycles. The van der Waals surface area contributed by atoms with E-state index >= 15 is 0 Å². The standard InChI is InChI=1S/C4H6NOS/c1-5-3-7-2-4(5)6/h3H,2H2,1H3/q+1. The monoisotopic (exact) mass is 116 g/mol. The summed E-state index contributed by atoms with van der Waals surface area (Å²) in [5, 5.41) is 0. The summed E-state index contributed by atoms with van der Waals surface area (Å²) in [6, 6.07) is 0. The van der Waals surface area contributed by atoms with Gasteiger partial charge in [0.2, 0.25) is 5.55 Å². The van der Waals surface area contributed by atoms with E-state index in [4.69, 9.17) is 0 Å². The summed E-state index contributed by atoms with van der Waals surface area (Å²) in [4.78, 5) is 10.4. The molecule has 3 heteroatoms. The highest BCUT2D eigenvalue weighted by Crippen LogP contribution is 2.01. The molecule has 0 fully saturated rings. The Morgan fingerprint density at radius 1 is 2.00 bits per heavy atom. The number of hydrogen-bond donors (Lipinski definition) is 0. The van der Waals surface area contributed by atoms with Gasteiger partial charge in [0, 0.05) is 0 Å². The minimum Gasteiger partial charge on any atom is -0.219 e. The third-order valence-electron chi connectivity index (χ3n) is 0.833. The van der Waals surface area contributed by atoms with E-state index in [1.54, 1.807) is 23.4 Å². The van der Waals surface area contributed by atoms with Crippen LogP contribution in [-0.4, -0.2) is 28.8 Å². The molecule has 0 saturated heterocycles. The van der Waals surface area contributed by atoms with Gasteiger partial charge in [0.25, 0.3) is 0 Å². The van der Waals surface area contributed by atoms with E-state index in [2.05, 4.69) is 0 Å². The molecule has 1 heterocycles. The van der Waals surface area contributed by atoms with E-state index in [0.29, 0.717) is 5.75 Å². The van der Waals surface area contributed by atoms with Gasteiger partial charge in [0.1, 0.15) is 12.8 Å². The SMILES string of the molecule is C[N+]1=CSCC1=O. The first-order valence-corrected chi connectivity index (χ1v) is 3.06. The Balaban J connectivity index is 2.72. The normalized spacial score (nSPS) is 20.1. The third-order valence-corrected chi connectivity index (χ3v) is 1.71. The van der Waals surface area contributed by atoms with E-state index in [0.717, 1.165) is 0 Å². The summed E-state index contributed by atoms with van der Waals surface area (Å²) in [5.41, 5.74) is 1.82. The first kappa shape index (κ1) is 4.84. The van der Waals surface area contributed by atoms with Crippen LogP contribution in [0.1, 0.15) is 0 Å². The van der Waals surface area contributed by atoms with Crippen molar-refractivity contribution in [1.82, 2.24) is 0 Å². The molecule has 38 valence electrons. The molecule has 0 unspecified atom stereocenters. The Morgan fingerprint density at radius 2 is 2.71 bits per heavy atom. The average Bonchev–Trinajstić information content (AvgIpc) is 1.91. The zero-order valence-electron chi connectivity index (χ0n) is 4.05. The number of hydrogen-bond acceptors (Lipinski definition) is 2. The van der Waals surface area contributed by atoms with Crippen molar-refractivity contribution in [3.63, 3.8) is 0 Å². The molecule has 0 aromatic carbocycles. The molecule has 0 N–H and O–H groups in total. The van der Waals surface area contributed by atoms with Crippen LogP contribution in [0.2, 0.25) is 0 Å². The summed E-state index contributed by atoms with van der Waals surface area (Å²) in [6.07, 6.45) is 0. The second-order valence-corrected chi connectivity index (χ2v) is 2.25. The van der Waals surface area contributed by atoms with Gasteiger partial charge < -0.3 is 0 Å². The Kier molecular flexibility index (Phi) is 1.15. The summed E-state index contributed by atoms with van der Waals surface area (Å²) in [5.74, 6) is 0.821. The van der Waals surface area contributed by atoms with Gasteiger partial charge in [-0.2, -0.15) is 4.58 Å². The summed E-state index contributed by atoms with van der Waals surface area (Å²) >= 11 is 1.54. The van der Waals surface area contributed by atoms with Crippen molar-refractivity contribution in [2.45, 2.75) is 0 Å². The van der Waals surface area contributed by atoms with Crippen LogP contribution in [0.4, 0.5) is 0 Å². The number of carbonyl (C=O) groups is 1. The lowest BCUT2D eigenvalue weighted by Gasteiger charge is -1.74. The molecule has 7 heavy (non-hydrogen) atoms. The maximum atomic E-state index is 10.4. The lowest BCUT2D eigenvalue weighted by atomic mass is 10.7. The van der Waals surface area contributed by atoms with E-state index in [1.165, 1.54) is 0 Å². The van der Waals surface area contributed by atoms with Crippen molar-refractivity contribution in [2.24, 2.45) is 0 Å². The smallest absolute Gasteiger partial charge is 0.219 e. The fourth-order valence-corrected chi connectivity index (χ4v) is 1.14. The molecule has 0 atom stereocenters. The van der Waals surface area contributed by atoms with Crippen LogP contribution in [0.15, 0.2) is 0 Å². The number of thioether (sulfide) groups is 1. The topological polar surface area (TPSA) is 20.1 Å². The number of nitrogens with zero attached hydrogens (tertiary/aromatic N) is 1. The van der Waals surface area contributed by atoms with Crippen molar-refractivity contribution < 1.29 is 9.37 Å². The van der Waals surface area contributed by atoms with Crippen molar-refractivity contribution >= 4 is 23.2 Å². The van der Waals surface area contributed by atoms with Gasteiger partial charge in [-0.1, -0.05) is 11.8 Å². The molecule has 0 aliphatic carbocycles. The van der Waals surface area contributed by atoms with E-state index in [9.17, 15) is 4.79 Å². The first-order chi connectivity index (χ1) is 3.30. The van der Waals surface area contributed by atoms with Crippen LogP contribution in [0.25, 0.3) is 0 Å². The second kappa shape index (κ2) is 1.66. The molecule has 0 saturated carbocycles. The lowest BCUT2D eigenvalue weighted by molar-refractivity contribution is -0.406. The largest absolute Gasteiger partial charge is 0.397 e. The minimum absolute atomic E-state index is 0.199. The van der Waals surface area contributed by atoms with Gasteiger partial charge in [-0.25, -0.2) is 4.79 Å². The van der Waals surface area contributed by atoms with Gasteiger partial charge in [-0.3, -0.25) is 0 Å². The fraction of sp³-hybridized carbons (Fsp3) is 0.500. The molecule has 0 radical (unpaired) electrons. The zero-order chi connectivity index (χ0) is 5.28. The minimum atomic E-state index is 0.199. The van der Waals surface area contributed by atoms with Crippen LogP contribution >= 0.6 is 11.8 Å². The quantitative estimate of drug-likeness (QED) is 0.413. The molecule has 2 nitrogen and oxygen atoms in total. The summed E-state index contributed by atoms with van der Waals surface area (Å²) in [7, 11) is 1.77. The van der Waals surface area contributed by atoms with Crippen LogP contribution in [0, 0.1) is 0 Å². The van der Waals surface area contributed by atoms with E-state index in [1.807, 2.05) is 5.55 Å². The fourth-order valence-electron chi connectivity index (χ4n) is 0.381. The average molecular weight is 116 g/mol. The molecule has 0 aromatic heterocycles. The number of amides is 1. The van der Waals surface area contributed by atoms with Crippen LogP contribution in [0.3, 0.4) is 0 Å². The molecule has 1 amide bonds. The van der Waals surface area contributed by atoms with Gasteiger partial charge in [0.05, 0.1) is 0 Å². The van der Waals surface area contributed by atoms with Crippen molar-refractivity contribution in [1.29, 1.82) is 0 Å². The maximum absolute atomic E-state index is 10.4. The van der Waals surface area contributed by atoms with Crippen molar-refractivity contribution in [3.8, 4) is 0 Å². The van der Waals surface area contributed by atoms with E-state index < -0.39 is 0 Å². The Labute approximate surface area is 46.2 Å². The zero-order valence-corrected chi connectivity index (χ0v) is 4.86. The molecule has 0 bridgehead atoms. The van der Waals surface area contributed by atoms with Gasteiger partial charge in [-0.15, -0.1) is 0 Å². The van der Waals surface area contributed by atoms with Crippen LogP contribution < -0.4 is 0 Å². The van der Waals surface area contributed by atoms with Crippen molar-refractivity contribution in [3.05, 3.63) is 0 Å². The number of rotatable bonds is 0. The second-order valence-electron chi connectivity index (χ2n) is 1.42. The highest BCUT2D eigenvalue weighted by Gasteiger charge is 2.18. The summed E-state index contributed by atoms with van der Waals surface area (Å²) < 4.78 is 1.60. The predicted octanol–water partition coefficient (Wildman–Crippen LogP) is -0.0696. The third kappa shape index (κ3) is 0.825. The molecule has 1 rings (SSSR count). The van der Waals surface area contributed by atoms with E-state index in [-0.39, 0.29) is 5.91 Å². The molecule has 0 aromatic rings. The lowest BCUT2D eigenvalue weighted by Crippen LogP contribution is -2.10. The molecule has 0 spiro atoms. The maximum Gasteiger partial charge on any atom is 0.397 e. The Hall–Kier alpha value is -0.310. The Morgan fingerprint density at radius 3 is 2.86 bits per heavy atom. The first-order valence-electron chi connectivity index (χ1n) is 2.01. The molecular formula is C4H6NOS+. The van der Waals surface area contributed by atoms with Crippen LogP contribution in [-0.2, 0) is 4.79 Å². The summed E-state index contributed by atoms with van der Waals surface area (Å²) in [6.45, 7) is 0. The van der Waals surface area contributed by atoms with Crippen molar-refractivity contribution in [2.75, 3.05) is 12.8 Å². The molecule has 1 aliphatic rings. The Bertz CT molecular complexity index is 130. The number of carbonyl (C=O) groups excluding carboxylic acids is 1. The van der Waals surface area contributed by atoms with Gasteiger partial charge in [-0.05, 0) is 0 Å². The van der Waals surface area contributed by atoms with Gasteiger partial charge in [0.15, 0.2) is 0 Å². The molecular weight excluding hydrogens is 110 g/mol.